The molecular formula is C16H28N4O4S2. The summed E-state index contributed by atoms with van der Waals surface area (Å²) in [5.74, 6) is 0.578. The average molecular weight is 405 g/mol. The zero-order chi connectivity index (χ0) is 19.8. The van der Waals surface area contributed by atoms with Crippen molar-refractivity contribution in [1.29, 1.82) is 0 Å². The minimum atomic E-state index is -3.55. The fourth-order valence-electron chi connectivity index (χ4n) is 2.06. The molecule has 0 bridgehead atoms. The predicted octanol–water partition coefficient (Wildman–Crippen LogP) is 0.262. The van der Waals surface area contributed by atoms with Crippen molar-refractivity contribution in [2.75, 3.05) is 32.1 Å². The van der Waals surface area contributed by atoms with Crippen molar-refractivity contribution in [3.8, 4) is 0 Å². The lowest BCUT2D eigenvalue weighted by molar-refractivity contribution is 0.577. The summed E-state index contributed by atoms with van der Waals surface area (Å²) in [5, 5.41) is 6.07. The van der Waals surface area contributed by atoms with Crippen LogP contribution in [0.2, 0.25) is 0 Å². The van der Waals surface area contributed by atoms with Crippen LogP contribution in [-0.4, -0.2) is 61.0 Å². The van der Waals surface area contributed by atoms with E-state index in [1.807, 2.05) is 13.8 Å². The molecule has 1 atom stereocenters. The molecule has 1 rings (SSSR count). The lowest BCUT2D eigenvalue weighted by Crippen LogP contribution is -2.45. The SMILES string of the molecule is CN=C(NCCNS(=O)(=O)c1ccc(C)cc1)NC(C)CCS(C)(=O)=O. The lowest BCUT2D eigenvalue weighted by Gasteiger charge is -2.17. The van der Waals surface area contributed by atoms with Crippen molar-refractivity contribution in [3.05, 3.63) is 29.8 Å². The molecule has 1 aromatic rings. The highest BCUT2D eigenvalue weighted by Crippen LogP contribution is 2.09. The van der Waals surface area contributed by atoms with Gasteiger partial charge in [-0.15, -0.1) is 0 Å². The molecular weight excluding hydrogens is 376 g/mol. The topological polar surface area (TPSA) is 117 Å². The van der Waals surface area contributed by atoms with Crippen LogP contribution in [0.4, 0.5) is 0 Å². The van der Waals surface area contributed by atoms with Gasteiger partial charge in [-0.25, -0.2) is 21.6 Å². The molecule has 0 aliphatic carbocycles. The Morgan fingerprint density at radius 2 is 1.73 bits per heavy atom. The highest BCUT2D eigenvalue weighted by atomic mass is 32.2. The molecule has 0 fully saturated rings. The maximum atomic E-state index is 12.2. The minimum absolute atomic E-state index is 0.0832. The van der Waals surface area contributed by atoms with E-state index >= 15 is 0 Å². The van der Waals surface area contributed by atoms with E-state index in [-0.39, 0.29) is 23.2 Å². The van der Waals surface area contributed by atoms with Crippen LogP contribution in [0, 0.1) is 6.92 Å². The van der Waals surface area contributed by atoms with Crippen LogP contribution in [-0.2, 0) is 19.9 Å². The van der Waals surface area contributed by atoms with Crippen molar-refractivity contribution in [2.45, 2.75) is 31.2 Å². The third kappa shape index (κ3) is 8.63. The second-order valence-electron chi connectivity index (χ2n) is 6.17. The third-order valence-electron chi connectivity index (χ3n) is 3.57. The van der Waals surface area contributed by atoms with Crippen molar-refractivity contribution in [3.63, 3.8) is 0 Å². The molecule has 26 heavy (non-hydrogen) atoms. The van der Waals surface area contributed by atoms with E-state index in [4.69, 9.17) is 0 Å². The number of sulfone groups is 1. The van der Waals surface area contributed by atoms with Gasteiger partial charge in [0.15, 0.2) is 5.96 Å². The number of guanidine groups is 1. The van der Waals surface area contributed by atoms with Crippen molar-refractivity contribution in [2.24, 2.45) is 4.99 Å². The van der Waals surface area contributed by atoms with E-state index in [2.05, 4.69) is 20.3 Å². The molecule has 0 aliphatic heterocycles. The van der Waals surface area contributed by atoms with Gasteiger partial charge in [0, 0.05) is 32.4 Å². The Hall–Kier alpha value is -1.65. The molecule has 10 heteroatoms. The average Bonchev–Trinajstić information content (AvgIpc) is 2.55. The van der Waals surface area contributed by atoms with E-state index in [0.29, 0.717) is 18.9 Å². The number of hydrogen-bond acceptors (Lipinski definition) is 5. The van der Waals surface area contributed by atoms with Crippen LogP contribution in [0.5, 0.6) is 0 Å². The zero-order valence-electron chi connectivity index (χ0n) is 15.6. The summed E-state index contributed by atoms with van der Waals surface area (Å²) < 4.78 is 49.3. The van der Waals surface area contributed by atoms with Crippen molar-refractivity contribution >= 4 is 25.8 Å². The smallest absolute Gasteiger partial charge is 0.240 e. The van der Waals surface area contributed by atoms with Gasteiger partial charge in [0.05, 0.1) is 10.6 Å². The summed E-state index contributed by atoms with van der Waals surface area (Å²) in [4.78, 5) is 4.26. The van der Waals surface area contributed by atoms with Gasteiger partial charge in [-0.3, -0.25) is 4.99 Å². The molecule has 0 aromatic heterocycles. The van der Waals surface area contributed by atoms with Gasteiger partial charge < -0.3 is 10.6 Å². The number of sulfonamides is 1. The molecule has 0 amide bonds. The van der Waals surface area contributed by atoms with Crippen LogP contribution in [0.1, 0.15) is 18.9 Å². The Morgan fingerprint density at radius 1 is 1.12 bits per heavy atom. The minimum Gasteiger partial charge on any atom is -0.355 e. The molecule has 3 N–H and O–H groups in total. The summed E-state index contributed by atoms with van der Waals surface area (Å²) in [5.41, 5.74) is 0.991. The number of rotatable bonds is 9. The van der Waals surface area contributed by atoms with Gasteiger partial charge >= 0.3 is 0 Å². The Labute approximate surface area is 156 Å². The fourth-order valence-corrected chi connectivity index (χ4v) is 3.87. The largest absolute Gasteiger partial charge is 0.355 e. The van der Waals surface area contributed by atoms with Crippen LogP contribution in [0.3, 0.4) is 0 Å². The summed E-state index contributed by atoms with van der Waals surface area (Å²) in [6.07, 6.45) is 1.66. The van der Waals surface area contributed by atoms with Gasteiger partial charge in [-0.1, -0.05) is 17.7 Å². The first-order chi connectivity index (χ1) is 12.0. The van der Waals surface area contributed by atoms with Gasteiger partial charge in [-0.2, -0.15) is 0 Å². The van der Waals surface area contributed by atoms with Gasteiger partial charge in [0.25, 0.3) is 0 Å². The molecule has 0 spiro atoms. The summed E-state index contributed by atoms with van der Waals surface area (Å²) in [6.45, 7) is 4.28. The summed E-state index contributed by atoms with van der Waals surface area (Å²) in [7, 11) is -4.96. The molecule has 0 radical (unpaired) electrons. The first kappa shape index (κ1) is 22.4. The Morgan fingerprint density at radius 3 is 2.27 bits per heavy atom. The number of nitrogens with zero attached hydrogens (tertiary/aromatic N) is 1. The highest BCUT2D eigenvalue weighted by molar-refractivity contribution is 7.90. The van der Waals surface area contributed by atoms with E-state index in [1.165, 1.54) is 6.26 Å². The normalized spacial score (nSPS) is 14.1. The van der Waals surface area contributed by atoms with Crippen molar-refractivity contribution in [1.82, 2.24) is 15.4 Å². The number of aliphatic imine (C=N–C) groups is 1. The molecule has 0 saturated heterocycles. The molecule has 1 aromatic carbocycles. The Balaban J connectivity index is 2.42. The number of benzene rings is 1. The molecule has 148 valence electrons. The zero-order valence-corrected chi connectivity index (χ0v) is 17.2. The number of nitrogens with one attached hydrogen (secondary N) is 3. The second-order valence-corrected chi connectivity index (χ2v) is 10.2. The molecule has 1 unspecified atom stereocenters. The second kappa shape index (κ2) is 9.89. The molecule has 8 nitrogen and oxygen atoms in total. The fraction of sp³-hybridized carbons (Fsp3) is 0.562. The number of aryl methyl sites for hydroxylation is 1. The predicted molar refractivity (Wildman–Crippen MR) is 105 cm³/mol. The third-order valence-corrected chi connectivity index (χ3v) is 6.02. The standard InChI is InChI=1S/C16H28N4O4S2/c1-13-5-7-15(8-6-13)26(23,24)19-11-10-18-16(17-3)20-14(2)9-12-25(4,21)22/h5-8,14,19H,9-12H2,1-4H3,(H2,17,18,20). The first-order valence-corrected chi connectivity index (χ1v) is 11.8. The van der Waals surface area contributed by atoms with E-state index in [9.17, 15) is 16.8 Å². The van der Waals surface area contributed by atoms with E-state index in [0.717, 1.165) is 5.56 Å². The first-order valence-electron chi connectivity index (χ1n) is 8.25. The van der Waals surface area contributed by atoms with Crippen LogP contribution in [0.15, 0.2) is 34.2 Å². The summed E-state index contributed by atoms with van der Waals surface area (Å²) in [6, 6.07) is 6.54. The van der Waals surface area contributed by atoms with E-state index < -0.39 is 19.9 Å². The van der Waals surface area contributed by atoms with Gasteiger partial charge in [-0.05, 0) is 32.4 Å². The molecule has 0 saturated carbocycles. The Kier molecular flexibility index (Phi) is 8.51. The summed E-state index contributed by atoms with van der Waals surface area (Å²) >= 11 is 0. The lowest BCUT2D eigenvalue weighted by atomic mass is 10.2. The van der Waals surface area contributed by atoms with Crippen LogP contribution < -0.4 is 15.4 Å². The molecule has 0 aliphatic rings. The maximum Gasteiger partial charge on any atom is 0.240 e. The quantitative estimate of drug-likeness (QED) is 0.309. The maximum absolute atomic E-state index is 12.2. The Bertz CT molecular complexity index is 803. The highest BCUT2D eigenvalue weighted by Gasteiger charge is 2.13. The van der Waals surface area contributed by atoms with Crippen molar-refractivity contribution < 1.29 is 16.8 Å². The van der Waals surface area contributed by atoms with Crippen LogP contribution >= 0.6 is 0 Å². The van der Waals surface area contributed by atoms with Gasteiger partial charge in [0.1, 0.15) is 9.84 Å². The van der Waals surface area contributed by atoms with Crippen LogP contribution in [0.25, 0.3) is 0 Å². The van der Waals surface area contributed by atoms with Gasteiger partial charge in [0.2, 0.25) is 10.0 Å². The van der Waals surface area contributed by atoms with E-state index in [1.54, 1.807) is 31.3 Å². The monoisotopic (exact) mass is 404 g/mol. The molecule has 0 heterocycles. The number of hydrogen-bond donors (Lipinski definition) is 3.